The van der Waals surface area contributed by atoms with E-state index in [9.17, 15) is 0 Å². The van der Waals surface area contributed by atoms with Gasteiger partial charge in [0.2, 0.25) is 0 Å². The van der Waals surface area contributed by atoms with Crippen LogP contribution in [0.5, 0.6) is 11.5 Å². The average molecular weight is 375 g/mol. The Labute approximate surface area is 159 Å². The van der Waals surface area contributed by atoms with Gasteiger partial charge in [-0.05, 0) is 41.8 Å². The van der Waals surface area contributed by atoms with Gasteiger partial charge in [0.25, 0.3) is 0 Å². The quantitative estimate of drug-likeness (QED) is 0.478. The van der Waals surface area contributed by atoms with Gasteiger partial charge in [-0.25, -0.2) is 0 Å². The second kappa shape index (κ2) is 9.33. The van der Waals surface area contributed by atoms with Crippen LogP contribution in [0.25, 0.3) is 0 Å². The Morgan fingerprint density at radius 3 is 2.46 bits per heavy atom. The number of rotatable bonds is 6. The Balaban J connectivity index is 1.39. The third-order valence-corrected chi connectivity index (χ3v) is 5.25. The van der Waals surface area contributed by atoms with Gasteiger partial charge in [0.15, 0.2) is 5.96 Å². The minimum atomic E-state index is 0.584. The summed E-state index contributed by atoms with van der Waals surface area (Å²) in [5.41, 5.74) is 0. The van der Waals surface area contributed by atoms with Gasteiger partial charge in [-0.2, -0.15) is 0 Å². The standard InChI is InChI=1S/C19H26N4O2S/c1-20-19(21-9-14-25-17-7-5-16(24-2)6-8-17)23-12-10-22(11-13-23)18-4-3-15-26-18/h3-8,15H,9-14H2,1-2H3,(H,20,21). The summed E-state index contributed by atoms with van der Waals surface area (Å²) in [5, 5.41) is 6.87. The highest BCUT2D eigenvalue weighted by Crippen LogP contribution is 2.22. The molecule has 26 heavy (non-hydrogen) atoms. The van der Waals surface area contributed by atoms with Crippen molar-refractivity contribution in [2.45, 2.75) is 0 Å². The first-order valence-electron chi connectivity index (χ1n) is 8.81. The van der Waals surface area contributed by atoms with Crippen molar-refractivity contribution in [1.82, 2.24) is 10.2 Å². The number of piperazine rings is 1. The molecule has 2 heterocycles. The van der Waals surface area contributed by atoms with E-state index in [-0.39, 0.29) is 0 Å². The van der Waals surface area contributed by atoms with E-state index in [1.54, 1.807) is 18.4 Å². The van der Waals surface area contributed by atoms with Crippen LogP contribution in [0.1, 0.15) is 0 Å². The lowest BCUT2D eigenvalue weighted by molar-refractivity contribution is 0.314. The molecule has 7 heteroatoms. The summed E-state index contributed by atoms with van der Waals surface area (Å²) in [5.74, 6) is 2.61. The summed E-state index contributed by atoms with van der Waals surface area (Å²) >= 11 is 1.80. The molecule has 0 atom stereocenters. The lowest BCUT2D eigenvalue weighted by Crippen LogP contribution is -2.52. The summed E-state index contributed by atoms with van der Waals surface area (Å²) in [4.78, 5) is 9.15. The molecule has 0 saturated carbocycles. The van der Waals surface area contributed by atoms with Crippen molar-refractivity contribution >= 4 is 22.3 Å². The Morgan fingerprint density at radius 1 is 1.12 bits per heavy atom. The number of nitrogens with zero attached hydrogens (tertiary/aromatic N) is 3. The third kappa shape index (κ3) is 4.82. The molecule has 140 valence electrons. The maximum atomic E-state index is 5.76. The monoisotopic (exact) mass is 374 g/mol. The van der Waals surface area contributed by atoms with Crippen molar-refractivity contribution in [3.63, 3.8) is 0 Å². The number of thiophene rings is 1. The summed E-state index contributed by atoms with van der Waals surface area (Å²) in [6.45, 7) is 5.27. The topological polar surface area (TPSA) is 49.3 Å². The summed E-state index contributed by atoms with van der Waals surface area (Å²) in [6, 6.07) is 11.9. The smallest absolute Gasteiger partial charge is 0.193 e. The molecule has 1 aromatic heterocycles. The molecule has 0 radical (unpaired) electrons. The molecule has 0 unspecified atom stereocenters. The van der Waals surface area contributed by atoms with Crippen LogP contribution in [0.2, 0.25) is 0 Å². The average Bonchev–Trinajstić information content (AvgIpc) is 3.24. The predicted molar refractivity (Wildman–Crippen MR) is 108 cm³/mol. The maximum absolute atomic E-state index is 5.76. The van der Waals surface area contributed by atoms with Crippen LogP contribution in [0.4, 0.5) is 5.00 Å². The lowest BCUT2D eigenvalue weighted by Gasteiger charge is -2.37. The van der Waals surface area contributed by atoms with Crippen molar-refractivity contribution < 1.29 is 9.47 Å². The summed E-state index contributed by atoms with van der Waals surface area (Å²) in [7, 11) is 3.49. The van der Waals surface area contributed by atoms with E-state index in [1.165, 1.54) is 5.00 Å². The highest BCUT2D eigenvalue weighted by atomic mass is 32.1. The van der Waals surface area contributed by atoms with Crippen LogP contribution in [0.3, 0.4) is 0 Å². The molecule has 0 amide bonds. The first-order chi connectivity index (χ1) is 12.8. The minimum Gasteiger partial charge on any atom is -0.497 e. The second-order valence-corrected chi connectivity index (χ2v) is 6.85. The Morgan fingerprint density at radius 2 is 1.85 bits per heavy atom. The molecule has 1 saturated heterocycles. The van der Waals surface area contributed by atoms with Gasteiger partial charge in [0.05, 0.1) is 18.7 Å². The number of benzene rings is 1. The van der Waals surface area contributed by atoms with Crippen LogP contribution < -0.4 is 19.7 Å². The highest BCUT2D eigenvalue weighted by Gasteiger charge is 2.20. The summed E-state index contributed by atoms with van der Waals surface area (Å²) in [6.07, 6.45) is 0. The number of guanidine groups is 1. The van der Waals surface area contributed by atoms with Crippen molar-refractivity contribution in [3.05, 3.63) is 41.8 Å². The van der Waals surface area contributed by atoms with Gasteiger partial charge in [-0.15, -0.1) is 11.3 Å². The summed E-state index contributed by atoms with van der Waals surface area (Å²) < 4.78 is 10.9. The molecule has 1 aliphatic heterocycles. The van der Waals surface area contributed by atoms with E-state index in [0.717, 1.165) is 43.6 Å². The minimum absolute atomic E-state index is 0.584. The first-order valence-corrected chi connectivity index (χ1v) is 9.69. The first kappa shape index (κ1) is 18.4. The zero-order valence-electron chi connectivity index (χ0n) is 15.4. The van der Waals surface area contributed by atoms with Gasteiger partial charge in [-0.3, -0.25) is 4.99 Å². The lowest BCUT2D eigenvalue weighted by atomic mass is 10.3. The van der Waals surface area contributed by atoms with E-state index in [2.05, 4.69) is 37.6 Å². The fourth-order valence-corrected chi connectivity index (χ4v) is 3.71. The highest BCUT2D eigenvalue weighted by molar-refractivity contribution is 7.14. The number of aliphatic imine (C=N–C) groups is 1. The van der Waals surface area contributed by atoms with Crippen LogP contribution >= 0.6 is 11.3 Å². The SMILES string of the molecule is CN=C(NCCOc1ccc(OC)cc1)N1CCN(c2cccs2)CC1. The number of methoxy groups -OCH3 is 1. The number of hydrogen-bond acceptors (Lipinski definition) is 5. The zero-order valence-corrected chi connectivity index (χ0v) is 16.2. The molecule has 2 aromatic rings. The van der Waals surface area contributed by atoms with E-state index in [0.29, 0.717) is 13.2 Å². The third-order valence-electron chi connectivity index (χ3n) is 4.32. The van der Waals surface area contributed by atoms with Crippen LogP contribution in [0, 0.1) is 0 Å². The molecule has 1 N–H and O–H groups in total. The molecule has 3 rings (SSSR count). The Bertz CT molecular complexity index is 680. The molecule has 0 bridgehead atoms. The van der Waals surface area contributed by atoms with Crippen LogP contribution in [-0.4, -0.2) is 64.3 Å². The molecule has 1 aromatic carbocycles. The van der Waals surface area contributed by atoms with Gasteiger partial charge < -0.3 is 24.6 Å². The molecular weight excluding hydrogens is 348 g/mol. The van der Waals surface area contributed by atoms with E-state index in [1.807, 2.05) is 31.3 Å². The van der Waals surface area contributed by atoms with E-state index >= 15 is 0 Å². The molecule has 0 aliphatic carbocycles. The van der Waals surface area contributed by atoms with Gasteiger partial charge in [0, 0.05) is 33.2 Å². The fourth-order valence-electron chi connectivity index (χ4n) is 2.92. The normalized spacial score (nSPS) is 15.1. The van der Waals surface area contributed by atoms with Crippen molar-refractivity contribution in [2.75, 3.05) is 58.4 Å². The molecule has 1 fully saturated rings. The molecular formula is C19H26N4O2S. The van der Waals surface area contributed by atoms with Crippen molar-refractivity contribution in [3.8, 4) is 11.5 Å². The second-order valence-electron chi connectivity index (χ2n) is 5.92. The van der Waals surface area contributed by atoms with Crippen LogP contribution in [0.15, 0.2) is 46.8 Å². The molecule has 1 aliphatic rings. The van der Waals surface area contributed by atoms with Crippen molar-refractivity contribution in [2.24, 2.45) is 4.99 Å². The Hall–Kier alpha value is -2.41. The number of anilines is 1. The fraction of sp³-hybridized carbons (Fsp3) is 0.421. The van der Waals surface area contributed by atoms with Gasteiger partial charge in [0.1, 0.15) is 18.1 Å². The predicted octanol–water partition coefficient (Wildman–Crippen LogP) is 2.53. The largest absolute Gasteiger partial charge is 0.497 e. The number of hydrogen-bond donors (Lipinski definition) is 1. The molecule has 6 nitrogen and oxygen atoms in total. The van der Waals surface area contributed by atoms with Gasteiger partial charge in [-0.1, -0.05) is 0 Å². The van der Waals surface area contributed by atoms with Crippen molar-refractivity contribution in [1.29, 1.82) is 0 Å². The number of nitrogens with one attached hydrogen (secondary N) is 1. The van der Waals surface area contributed by atoms with E-state index < -0.39 is 0 Å². The zero-order chi connectivity index (χ0) is 18.2. The Kier molecular flexibility index (Phi) is 6.60. The molecule has 0 spiro atoms. The number of ether oxygens (including phenoxy) is 2. The van der Waals surface area contributed by atoms with Crippen LogP contribution in [-0.2, 0) is 0 Å². The maximum Gasteiger partial charge on any atom is 0.193 e. The van der Waals surface area contributed by atoms with Gasteiger partial charge >= 0.3 is 0 Å². The van der Waals surface area contributed by atoms with E-state index in [4.69, 9.17) is 9.47 Å².